The number of aromatic amines is 1. The molecule has 0 aliphatic carbocycles. The molecule has 1 radical (unpaired) electrons. The van der Waals surface area contributed by atoms with E-state index < -0.39 is 0 Å². The second kappa shape index (κ2) is 4.12. The molecule has 0 aromatic carbocycles. The normalized spacial score (nSPS) is 9.62. The Morgan fingerprint density at radius 3 is 3.08 bits per heavy atom. The van der Waals surface area contributed by atoms with Crippen LogP contribution in [0.5, 0.6) is 0 Å². The summed E-state index contributed by atoms with van der Waals surface area (Å²) >= 11 is 0. The number of hydrogen-bond donors (Lipinski definition) is 1. The molecule has 63 valence electrons. The van der Waals surface area contributed by atoms with Crippen molar-refractivity contribution in [2.24, 2.45) is 0 Å². The van der Waals surface area contributed by atoms with E-state index in [0.29, 0.717) is 11.1 Å². The zero-order chi connectivity index (χ0) is 8.55. The third-order valence-corrected chi connectivity index (χ3v) is 1.77. The molecule has 3 nitrogen and oxygen atoms in total. The van der Waals surface area contributed by atoms with Crippen LogP contribution in [0.4, 0.5) is 0 Å². The minimum absolute atomic E-state index is 0. The monoisotopic (exact) mass is 248 g/mol. The van der Waals surface area contributed by atoms with Gasteiger partial charge >= 0.3 is 0 Å². The summed E-state index contributed by atoms with van der Waals surface area (Å²) < 4.78 is 0. The number of pyridine rings is 2. The second-order valence-electron chi connectivity index (χ2n) is 2.64. The van der Waals surface area contributed by atoms with Crippen molar-refractivity contribution in [3.05, 3.63) is 40.3 Å². The van der Waals surface area contributed by atoms with Gasteiger partial charge in [0.2, 0.25) is 0 Å². The number of fused-ring (bicyclic) bond motifs is 1. The summed E-state index contributed by atoms with van der Waals surface area (Å²) in [5, 5.41) is 0. The van der Waals surface area contributed by atoms with Crippen LogP contribution < -0.4 is 5.43 Å². The number of hydrogen-bond acceptors (Lipinski definition) is 2. The van der Waals surface area contributed by atoms with Gasteiger partial charge in [0, 0.05) is 50.0 Å². The minimum atomic E-state index is -0.0272. The Bertz CT molecular complexity index is 478. The van der Waals surface area contributed by atoms with E-state index in [2.05, 4.69) is 16.2 Å². The standard InChI is InChI=1S/C9H7N2O.Y/c1-6-5-11-7-3-2-4-10-8(7)9(6)12;/h2-3,5H,1H3,(H,11,12);/q-1;. The molecule has 0 amide bonds. The first kappa shape index (κ1) is 10.5. The van der Waals surface area contributed by atoms with Gasteiger partial charge in [-0.25, -0.2) is 0 Å². The number of nitrogens with one attached hydrogen (secondary N) is 1. The van der Waals surface area contributed by atoms with Crippen molar-refractivity contribution in [1.29, 1.82) is 0 Å². The van der Waals surface area contributed by atoms with Gasteiger partial charge in [0.25, 0.3) is 0 Å². The molecule has 0 fully saturated rings. The Kier molecular flexibility index (Phi) is 3.34. The van der Waals surface area contributed by atoms with Gasteiger partial charge in [-0.15, -0.1) is 6.07 Å². The van der Waals surface area contributed by atoms with Crippen molar-refractivity contribution < 1.29 is 32.7 Å². The van der Waals surface area contributed by atoms with E-state index in [1.165, 1.54) is 0 Å². The topological polar surface area (TPSA) is 45.8 Å². The molecule has 2 aromatic rings. The third kappa shape index (κ3) is 1.86. The Morgan fingerprint density at radius 2 is 2.31 bits per heavy atom. The molecule has 0 saturated carbocycles. The van der Waals surface area contributed by atoms with Crippen molar-refractivity contribution in [1.82, 2.24) is 9.97 Å². The van der Waals surface area contributed by atoms with Gasteiger partial charge < -0.3 is 14.8 Å². The van der Waals surface area contributed by atoms with Crippen LogP contribution in [0.2, 0.25) is 0 Å². The van der Waals surface area contributed by atoms with E-state index in [1.807, 2.05) is 0 Å². The molecule has 2 rings (SSSR count). The first-order valence-corrected chi connectivity index (χ1v) is 3.64. The maximum atomic E-state index is 11.4. The van der Waals surface area contributed by atoms with Gasteiger partial charge in [-0.3, -0.25) is 0 Å². The quantitative estimate of drug-likeness (QED) is 0.708. The SMILES string of the molecule is Cc1c[nH]c2cc[c-]nc2c1=O.[Y]. The van der Waals surface area contributed by atoms with Crippen LogP contribution in [0.25, 0.3) is 11.0 Å². The van der Waals surface area contributed by atoms with E-state index >= 15 is 0 Å². The fraction of sp³-hybridized carbons (Fsp3) is 0.111. The van der Waals surface area contributed by atoms with Crippen molar-refractivity contribution >= 4 is 11.0 Å². The summed E-state index contributed by atoms with van der Waals surface area (Å²) in [4.78, 5) is 18.3. The summed E-state index contributed by atoms with van der Waals surface area (Å²) in [5.41, 5.74) is 1.86. The zero-order valence-electron chi connectivity index (χ0n) is 7.16. The Balaban J connectivity index is 0.000000845. The predicted octanol–water partition coefficient (Wildman–Crippen LogP) is 1.03. The number of nitrogens with zero attached hydrogens (tertiary/aromatic N) is 1. The second-order valence-corrected chi connectivity index (χ2v) is 2.64. The largest absolute Gasteiger partial charge is 0.382 e. The number of H-pyrrole nitrogens is 1. The summed E-state index contributed by atoms with van der Waals surface area (Å²) in [7, 11) is 0. The van der Waals surface area contributed by atoms with E-state index in [9.17, 15) is 4.79 Å². The summed E-state index contributed by atoms with van der Waals surface area (Å²) in [6.07, 6.45) is 4.32. The average molecular weight is 248 g/mol. The first-order chi connectivity index (χ1) is 5.79. The Morgan fingerprint density at radius 1 is 1.54 bits per heavy atom. The number of rotatable bonds is 0. The van der Waals surface area contributed by atoms with Crippen LogP contribution in [0.1, 0.15) is 5.56 Å². The molecule has 0 aliphatic heterocycles. The number of aromatic nitrogens is 2. The van der Waals surface area contributed by atoms with E-state index in [-0.39, 0.29) is 38.1 Å². The van der Waals surface area contributed by atoms with E-state index in [0.717, 1.165) is 5.52 Å². The predicted molar refractivity (Wildman–Crippen MR) is 45.9 cm³/mol. The van der Waals surface area contributed by atoms with Gasteiger partial charge in [-0.2, -0.15) is 6.07 Å². The van der Waals surface area contributed by atoms with Gasteiger partial charge in [-0.1, -0.05) is 6.20 Å². The molecule has 0 unspecified atom stereocenters. The summed E-state index contributed by atoms with van der Waals surface area (Å²) in [5.74, 6) is 0. The van der Waals surface area contributed by atoms with Crippen molar-refractivity contribution in [3.8, 4) is 0 Å². The first-order valence-electron chi connectivity index (χ1n) is 3.64. The summed E-state index contributed by atoms with van der Waals surface area (Å²) in [6.45, 7) is 1.76. The minimum Gasteiger partial charge on any atom is -0.382 e. The molecular weight excluding hydrogens is 241 g/mol. The molecule has 0 bridgehead atoms. The maximum Gasteiger partial charge on any atom is 0.155 e. The van der Waals surface area contributed by atoms with Crippen LogP contribution in [0.15, 0.2) is 23.1 Å². The zero-order valence-corrected chi connectivity index (χ0v) is 10.0. The Hall–Kier alpha value is -0.536. The van der Waals surface area contributed by atoms with Crippen molar-refractivity contribution in [3.63, 3.8) is 0 Å². The van der Waals surface area contributed by atoms with Crippen LogP contribution in [-0.2, 0) is 32.7 Å². The van der Waals surface area contributed by atoms with E-state index in [1.54, 1.807) is 25.3 Å². The molecule has 4 heteroatoms. The molecular formula is C9H7N2OY-. The van der Waals surface area contributed by atoms with Crippen LogP contribution in [-0.4, -0.2) is 9.97 Å². The van der Waals surface area contributed by atoms with Gasteiger partial charge in [0.15, 0.2) is 5.43 Å². The molecule has 0 aliphatic rings. The molecule has 2 heterocycles. The molecule has 1 N–H and O–H groups in total. The van der Waals surface area contributed by atoms with Gasteiger partial charge in [-0.05, 0) is 12.4 Å². The van der Waals surface area contributed by atoms with Gasteiger partial charge in [0.05, 0.1) is 0 Å². The fourth-order valence-corrected chi connectivity index (χ4v) is 1.09. The molecule has 0 atom stereocenters. The molecule has 2 aromatic heterocycles. The van der Waals surface area contributed by atoms with Crippen LogP contribution in [0, 0.1) is 13.1 Å². The van der Waals surface area contributed by atoms with E-state index in [4.69, 9.17) is 0 Å². The number of aryl methyl sites for hydroxylation is 1. The molecule has 0 saturated heterocycles. The third-order valence-electron chi connectivity index (χ3n) is 1.77. The van der Waals surface area contributed by atoms with Crippen LogP contribution in [0.3, 0.4) is 0 Å². The van der Waals surface area contributed by atoms with Gasteiger partial charge in [0.1, 0.15) is 0 Å². The maximum absolute atomic E-state index is 11.4. The van der Waals surface area contributed by atoms with Crippen LogP contribution >= 0.6 is 0 Å². The fourth-order valence-electron chi connectivity index (χ4n) is 1.09. The summed E-state index contributed by atoms with van der Waals surface area (Å²) in [6, 6.07) is 3.46. The smallest absolute Gasteiger partial charge is 0.155 e. The molecule has 0 spiro atoms. The average Bonchev–Trinajstić information content (AvgIpc) is 2.12. The van der Waals surface area contributed by atoms with Crippen molar-refractivity contribution in [2.45, 2.75) is 6.92 Å². The van der Waals surface area contributed by atoms with Crippen molar-refractivity contribution in [2.75, 3.05) is 0 Å². The Labute approximate surface area is 100 Å². The molecule has 13 heavy (non-hydrogen) atoms.